The minimum atomic E-state index is -2.88. The molecule has 6 nitrogen and oxygen atoms in total. The van der Waals surface area contributed by atoms with Gasteiger partial charge in [-0.25, -0.2) is 8.42 Å². The van der Waals surface area contributed by atoms with E-state index in [0.717, 1.165) is 11.1 Å². The van der Waals surface area contributed by atoms with E-state index in [1.54, 1.807) is 0 Å². The van der Waals surface area contributed by atoms with E-state index in [1.807, 2.05) is 24.3 Å². The van der Waals surface area contributed by atoms with Crippen molar-refractivity contribution in [2.45, 2.75) is 25.3 Å². The van der Waals surface area contributed by atoms with Gasteiger partial charge in [0.15, 0.2) is 0 Å². The Morgan fingerprint density at radius 1 is 1.18 bits per heavy atom. The van der Waals surface area contributed by atoms with Crippen LogP contribution in [0.2, 0.25) is 0 Å². The number of halogens is 1. The molecule has 1 aromatic heterocycles. The van der Waals surface area contributed by atoms with Gasteiger partial charge in [-0.1, -0.05) is 29.4 Å². The van der Waals surface area contributed by atoms with Crippen molar-refractivity contribution >= 4 is 22.2 Å². The highest BCUT2D eigenvalue weighted by atomic mass is 35.5. The highest BCUT2D eigenvalue weighted by molar-refractivity contribution is 7.91. The highest BCUT2D eigenvalue weighted by Crippen LogP contribution is 2.29. The Hall–Kier alpha value is -1.44. The molecule has 0 radical (unpaired) electrons. The fourth-order valence-corrected chi connectivity index (χ4v) is 3.94. The summed E-state index contributed by atoms with van der Waals surface area (Å²) in [5.74, 6) is 1.49. The van der Waals surface area contributed by atoms with E-state index < -0.39 is 9.84 Å². The summed E-state index contributed by atoms with van der Waals surface area (Å²) in [6.07, 6.45) is 1.10. The quantitative estimate of drug-likeness (QED) is 0.913. The number of benzene rings is 1. The first kappa shape index (κ1) is 16.9. The molecule has 1 aliphatic heterocycles. The van der Waals surface area contributed by atoms with Gasteiger partial charge in [0.1, 0.15) is 9.84 Å². The van der Waals surface area contributed by atoms with Gasteiger partial charge in [-0.05, 0) is 18.4 Å². The van der Waals surface area contributed by atoms with E-state index in [0.29, 0.717) is 31.1 Å². The average Bonchev–Trinajstić information content (AvgIpc) is 2.97. The molecular weight excluding hydrogens is 326 g/mol. The van der Waals surface area contributed by atoms with Crippen LogP contribution in [0.25, 0.3) is 11.4 Å². The Balaban J connectivity index is 0.00000176. The van der Waals surface area contributed by atoms with Crippen LogP contribution in [0.5, 0.6) is 0 Å². The molecule has 1 fully saturated rings. The lowest BCUT2D eigenvalue weighted by atomic mass is 10.0. The normalized spacial score (nSPS) is 17.9. The van der Waals surface area contributed by atoms with E-state index in [1.165, 1.54) is 0 Å². The maximum absolute atomic E-state index is 11.4. The second kappa shape index (κ2) is 6.76. The van der Waals surface area contributed by atoms with Crippen LogP contribution in [-0.4, -0.2) is 30.1 Å². The van der Waals surface area contributed by atoms with Crippen molar-refractivity contribution in [1.82, 2.24) is 10.1 Å². The van der Waals surface area contributed by atoms with E-state index in [-0.39, 0.29) is 29.8 Å². The fraction of sp³-hybridized carbons (Fsp3) is 0.429. The summed E-state index contributed by atoms with van der Waals surface area (Å²) in [7, 11) is -2.88. The molecule has 0 unspecified atom stereocenters. The van der Waals surface area contributed by atoms with Crippen LogP contribution in [0.15, 0.2) is 28.8 Å². The number of nitrogens with zero attached hydrogens (tertiary/aromatic N) is 2. The first-order chi connectivity index (χ1) is 10.1. The molecule has 3 rings (SSSR count). The topological polar surface area (TPSA) is 99.1 Å². The van der Waals surface area contributed by atoms with Gasteiger partial charge in [0.2, 0.25) is 11.7 Å². The minimum Gasteiger partial charge on any atom is -0.339 e. The molecule has 1 aliphatic rings. The zero-order valence-electron chi connectivity index (χ0n) is 11.9. The number of nitrogens with two attached hydrogens (primary N) is 1. The van der Waals surface area contributed by atoms with Crippen LogP contribution in [0.1, 0.15) is 30.2 Å². The van der Waals surface area contributed by atoms with Gasteiger partial charge in [-0.2, -0.15) is 4.98 Å². The van der Waals surface area contributed by atoms with Gasteiger partial charge in [0.25, 0.3) is 0 Å². The Bertz CT molecular complexity index is 714. The summed E-state index contributed by atoms with van der Waals surface area (Å²) in [4.78, 5) is 4.40. The van der Waals surface area contributed by atoms with Gasteiger partial charge < -0.3 is 10.3 Å². The minimum absolute atomic E-state index is 0. The number of rotatable bonds is 3. The van der Waals surface area contributed by atoms with Crippen LogP contribution in [-0.2, 0) is 16.4 Å². The molecule has 2 heterocycles. The summed E-state index contributed by atoms with van der Waals surface area (Å²) >= 11 is 0. The Kier molecular flexibility index (Phi) is 5.20. The maximum atomic E-state index is 11.4. The largest absolute Gasteiger partial charge is 0.339 e. The van der Waals surface area contributed by atoms with Crippen LogP contribution < -0.4 is 5.73 Å². The molecule has 0 bridgehead atoms. The second-order valence-electron chi connectivity index (χ2n) is 5.28. The number of sulfone groups is 1. The van der Waals surface area contributed by atoms with E-state index in [2.05, 4.69) is 10.1 Å². The zero-order valence-corrected chi connectivity index (χ0v) is 13.6. The molecule has 8 heteroatoms. The van der Waals surface area contributed by atoms with Crippen molar-refractivity contribution in [3.05, 3.63) is 35.7 Å². The lowest BCUT2D eigenvalue weighted by Gasteiger charge is -2.17. The third kappa shape index (κ3) is 3.66. The number of hydrogen-bond donors (Lipinski definition) is 1. The smallest absolute Gasteiger partial charge is 0.230 e. The summed E-state index contributed by atoms with van der Waals surface area (Å²) < 4.78 is 28.2. The van der Waals surface area contributed by atoms with E-state index in [9.17, 15) is 8.42 Å². The zero-order chi connectivity index (χ0) is 14.9. The van der Waals surface area contributed by atoms with Crippen molar-refractivity contribution in [2.24, 2.45) is 5.73 Å². The van der Waals surface area contributed by atoms with Crippen LogP contribution in [0.4, 0.5) is 0 Å². The average molecular weight is 344 g/mol. The third-order valence-corrected chi connectivity index (χ3v) is 5.51. The molecule has 0 amide bonds. The van der Waals surface area contributed by atoms with Crippen LogP contribution in [0.3, 0.4) is 0 Å². The van der Waals surface area contributed by atoms with Gasteiger partial charge in [-0.15, -0.1) is 12.4 Å². The van der Waals surface area contributed by atoms with Crippen molar-refractivity contribution in [3.8, 4) is 11.4 Å². The van der Waals surface area contributed by atoms with Crippen molar-refractivity contribution in [2.75, 3.05) is 11.5 Å². The Labute approximate surface area is 135 Å². The van der Waals surface area contributed by atoms with Crippen molar-refractivity contribution in [3.63, 3.8) is 0 Å². The third-order valence-electron chi connectivity index (χ3n) is 3.79. The first-order valence-corrected chi connectivity index (χ1v) is 8.73. The molecule has 2 N–H and O–H groups in total. The summed E-state index contributed by atoms with van der Waals surface area (Å²) in [6, 6.07) is 7.67. The molecular formula is C14H18ClN3O3S. The molecule has 0 saturated carbocycles. The van der Waals surface area contributed by atoms with Gasteiger partial charge in [0, 0.05) is 18.0 Å². The van der Waals surface area contributed by atoms with Gasteiger partial charge in [-0.3, -0.25) is 0 Å². The maximum Gasteiger partial charge on any atom is 0.230 e. The number of hydrogen-bond acceptors (Lipinski definition) is 6. The molecule has 2 aromatic rings. The SMILES string of the molecule is Cl.NCc1ccc(-c2noc(C3CCS(=O)(=O)CC3)n2)cc1. The van der Waals surface area contributed by atoms with Crippen molar-refractivity contribution in [1.29, 1.82) is 0 Å². The Morgan fingerprint density at radius 3 is 2.41 bits per heavy atom. The lowest BCUT2D eigenvalue weighted by molar-refractivity contribution is 0.344. The molecule has 22 heavy (non-hydrogen) atoms. The highest BCUT2D eigenvalue weighted by Gasteiger charge is 2.28. The summed E-state index contributed by atoms with van der Waals surface area (Å²) in [5.41, 5.74) is 7.47. The molecule has 1 aromatic carbocycles. The molecule has 120 valence electrons. The summed E-state index contributed by atoms with van der Waals surface area (Å²) in [6.45, 7) is 0.494. The van der Waals surface area contributed by atoms with E-state index in [4.69, 9.17) is 10.3 Å². The predicted octanol–water partition coefficient (Wildman–Crippen LogP) is 1.91. The van der Waals surface area contributed by atoms with Crippen LogP contribution in [0, 0.1) is 0 Å². The lowest BCUT2D eigenvalue weighted by Crippen LogP contribution is -2.22. The fourth-order valence-electron chi connectivity index (χ4n) is 2.45. The predicted molar refractivity (Wildman–Crippen MR) is 85.5 cm³/mol. The molecule has 1 saturated heterocycles. The molecule has 0 atom stereocenters. The second-order valence-corrected chi connectivity index (χ2v) is 7.59. The Morgan fingerprint density at radius 2 is 1.82 bits per heavy atom. The first-order valence-electron chi connectivity index (χ1n) is 6.91. The molecule has 0 aliphatic carbocycles. The van der Waals surface area contributed by atoms with E-state index >= 15 is 0 Å². The van der Waals surface area contributed by atoms with Gasteiger partial charge >= 0.3 is 0 Å². The molecule has 0 spiro atoms. The monoisotopic (exact) mass is 343 g/mol. The standard InChI is InChI=1S/C14H17N3O3S.ClH/c15-9-10-1-3-11(4-2-10)13-16-14(20-17-13)12-5-7-21(18,19)8-6-12;/h1-4,12H,5-9,15H2;1H. The van der Waals surface area contributed by atoms with Crippen LogP contribution >= 0.6 is 12.4 Å². The van der Waals surface area contributed by atoms with Crippen molar-refractivity contribution < 1.29 is 12.9 Å². The summed E-state index contributed by atoms with van der Waals surface area (Å²) in [5, 5.41) is 3.99. The van der Waals surface area contributed by atoms with Gasteiger partial charge in [0.05, 0.1) is 11.5 Å². The number of aromatic nitrogens is 2.